The summed E-state index contributed by atoms with van der Waals surface area (Å²) in [5, 5.41) is 10.1. The quantitative estimate of drug-likeness (QED) is 0.569. The Bertz CT molecular complexity index is 1240. The van der Waals surface area contributed by atoms with E-state index in [2.05, 4.69) is 15.0 Å². The van der Waals surface area contributed by atoms with E-state index in [1.54, 1.807) is 13.3 Å². The Morgan fingerprint density at radius 2 is 2.14 bits per heavy atom. The maximum absolute atomic E-state index is 14.5. The first-order valence-electron chi connectivity index (χ1n) is 8.78. The zero-order chi connectivity index (χ0) is 19.4. The maximum Gasteiger partial charge on any atom is 0.232 e. The van der Waals surface area contributed by atoms with E-state index < -0.39 is 11.9 Å². The number of ether oxygens (including phenoxy) is 2. The standard InChI is InChI=1S/C20H16FN3O3S/c1-9-3-11(17-14(4-9)23-16(26-2)7-22-17)20-24-15-6-13(21)18-12(19(15)28-20)5-10(8-25)27-18/h3-4,6-7,10,25H,5,8H2,1-2H3. The third-order valence-electron chi connectivity index (χ3n) is 4.81. The van der Waals surface area contributed by atoms with Gasteiger partial charge in [0.25, 0.3) is 0 Å². The molecule has 0 amide bonds. The third kappa shape index (κ3) is 2.60. The minimum Gasteiger partial charge on any atom is -0.484 e. The predicted molar refractivity (Wildman–Crippen MR) is 105 cm³/mol. The predicted octanol–water partition coefficient (Wildman–Crippen LogP) is 3.66. The monoisotopic (exact) mass is 397 g/mol. The molecule has 4 aromatic rings. The van der Waals surface area contributed by atoms with E-state index in [-0.39, 0.29) is 12.4 Å². The Labute approximate surface area is 163 Å². The van der Waals surface area contributed by atoms with Crippen LogP contribution in [0.3, 0.4) is 0 Å². The number of hydrogen-bond acceptors (Lipinski definition) is 7. The van der Waals surface area contributed by atoms with Crippen molar-refractivity contribution in [2.24, 2.45) is 0 Å². The topological polar surface area (TPSA) is 77.4 Å². The van der Waals surface area contributed by atoms with Crippen LogP contribution in [0.1, 0.15) is 11.1 Å². The van der Waals surface area contributed by atoms with Crippen LogP contribution in [0, 0.1) is 12.7 Å². The molecule has 1 atom stereocenters. The highest BCUT2D eigenvalue weighted by Gasteiger charge is 2.29. The zero-order valence-electron chi connectivity index (χ0n) is 15.2. The van der Waals surface area contributed by atoms with Gasteiger partial charge in [-0.1, -0.05) is 0 Å². The van der Waals surface area contributed by atoms with Crippen LogP contribution in [0.5, 0.6) is 11.6 Å². The average molecular weight is 397 g/mol. The summed E-state index contributed by atoms with van der Waals surface area (Å²) in [6.45, 7) is 1.83. The normalized spacial score (nSPS) is 15.8. The number of nitrogens with zero attached hydrogens (tertiary/aromatic N) is 3. The lowest BCUT2D eigenvalue weighted by Crippen LogP contribution is -2.17. The van der Waals surface area contributed by atoms with Crippen molar-refractivity contribution >= 4 is 32.6 Å². The average Bonchev–Trinajstić information content (AvgIpc) is 3.31. The molecule has 3 heterocycles. The van der Waals surface area contributed by atoms with E-state index >= 15 is 0 Å². The van der Waals surface area contributed by atoms with E-state index in [1.165, 1.54) is 17.4 Å². The second-order valence-electron chi connectivity index (χ2n) is 6.75. The van der Waals surface area contributed by atoms with E-state index in [0.717, 1.165) is 26.4 Å². The van der Waals surface area contributed by atoms with Crippen molar-refractivity contribution in [3.05, 3.63) is 41.3 Å². The molecule has 142 valence electrons. The number of halogens is 1. The van der Waals surface area contributed by atoms with Gasteiger partial charge in [0.1, 0.15) is 11.1 Å². The van der Waals surface area contributed by atoms with Crippen molar-refractivity contribution < 1.29 is 19.0 Å². The Morgan fingerprint density at radius 1 is 1.29 bits per heavy atom. The van der Waals surface area contributed by atoms with Crippen molar-refractivity contribution in [2.45, 2.75) is 19.4 Å². The van der Waals surface area contributed by atoms with Crippen molar-refractivity contribution in [2.75, 3.05) is 13.7 Å². The fourth-order valence-electron chi connectivity index (χ4n) is 3.55. The highest BCUT2D eigenvalue weighted by molar-refractivity contribution is 7.22. The van der Waals surface area contributed by atoms with E-state index in [9.17, 15) is 9.50 Å². The van der Waals surface area contributed by atoms with Gasteiger partial charge in [0, 0.05) is 23.6 Å². The van der Waals surface area contributed by atoms with Crippen LogP contribution in [0.2, 0.25) is 0 Å². The summed E-state index contributed by atoms with van der Waals surface area (Å²) in [6, 6.07) is 5.34. The molecule has 0 aliphatic carbocycles. The van der Waals surface area contributed by atoms with Crippen LogP contribution in [0.4, 0.5) is 4.39 Å². The number of aliphatic hydroxyl groups excluding tert-OH is 1. The molecule has 0 saturated heterocycles. The first-order chi connectivity index (χ1) is 13.6. The molecule has 0 fully saturated rings. The number of aryl methyl sites for hydroxylation is 1. The SMILES string of the molecule is COc1cnc2c(-c3nc4cc(F)c5c(c4s3)CC(CO)O5)cc(C)cc2n1. The Balaban J connectivity index is 1.73. The van der Waals surface area contributed by atoms with Gasteiger partial charge in [-0.3, -0.25) is 0 Å². The van der Waals surface area contributed by atoms with Crippen LogP contribution < -0.4 is 9.47 Å². The van der Waals surface area contributed by atoms with E-state index in [4.69, 9.17) is 9.47 Å². The van der Waals surface area contributed by atoms with Crippen molar-refractivity contribution in [3.63, 3.8) is 0 Å². The third-order valence-corrected chi connectivity index (χ3v) is 5.97. The molecule has 2 aromatic heterocycles. The molecule has 6 nitrogen and oxygen atoms in total. The number of methoxy groups -OCH3 is 1. The minimum absolute atomic E-state index is 0.152. The zero-order valence-corrected chi connectivity index (χ0v) is 16.0. The lowest BCUT2D eigenvalue weighted by Gasteiger charge is -2.06. The van der Waals surface area contributed by atoms with Crippen LogP contribution in [0.25, 0.3) is 31.8 Å². The van der Waals surface area contributed by atoms with Crippen LogP contribution >= 0.6 is 11.3 Å². The number of fused-ring (bicyclic) bond motifs is 4. The molecule has 1 unspecified atom stereocenters. The first-order valence-corrected chi connectivity index (χ1v) is 9.60. The van der Waals surface area contributed by atoms with Crippen LogP contribution in [0.15, 0.2) is 24.4 Å². The fraction of sp³-hybridized carbons (Fsp3) is 0.250. The van der Waals surface area contributed by atoms with Crippen molar-refractivity contribution in [1.82, 2.24) is 15.0 Å². The fourth-order valence-corrected chi connectivity index (χ4v) is 4.67. The van der Waals surface area contributed by atoms with Crippen molar-refractivity contribution in [1.29, 1.82) is 0 Å². The molecule has 1 aliphatic rings. The Kier molecular flexibility index (Phi) is 3.92. The second-order valence-corrected chi connectivity index (χ2v) is 7.75. The van der Waals surface area contributed by atoms with Gasteiger partial charge in [-0.05, 0) is 24.6 Å². The molecule has 1 aliphatic heterocycles. The lowest BCUT2D eigenvalue weighted by atomic mass is 10.1. The molecule has 0 radical (unpaired) electrons. The molecule has 1 N–H and O–H groups in total. The summed E-state index contributed by atoms with van der Waals surface area (Å²) in [5.41, 5.74) is 4.64. The Hall–Kier alpha value is -2.84. The molecule has 5 rings (SSSR count). The molecule has 0 spiro atoms. The maximum atomic E-state index is 14.5. The molecule has 2 aromatic carbocycles. The van der Waals surface area contributed by atoms with Crippen LogP contribution in [-0.4, -0.2) is 39.9 Å². The molecular formula is C20H16FN3O3S. The second kappa shape index (κ2) is 6.35. The minimum atomic E-state index is -0.450. The number of aromatic nitrogens is 3. The number of benzene rings is 2. The number of aliphatic hydroxyl groups is 1. The summed E-state index contributed by atoms with van der Waals surface area (Å²) in [4.78, 5) is 13.6. The molecule has 0 saturated carbocycles. The van der Waals surface area contributed by atoms with Crippen molar-refractivity contribution in [3.8, 4) is 22.2 Å². The molecular weight excluding hydrogens is 381 g/mol. The number of thiazole rings is 1. The highest BCUT2D eigenvalue weighted by atomic mass is 32.1. The summed E-state index contributed by atoms with van der Waals surface area (Å²) in [6.07, 6.45) is 1.62. The van der Waals surface area contributed by atoms with E-state index in [1.807, 2.05) is 19.1 Å². The number of hydrogen-bond donors (Lipinski definition) is 1. The Morgan fingerprint density at radius 3 is 2.93 bits per heavy atom. The summed E-state index contributed by atoms with van der Waals surface area (Å²) in [5.74, 6) is 0.217. The largest absolute Gasteiger partial charge is 0.484 e. The van der Waals surface area contributed by atoms with Gasteiger partial charge in [-0.15, -0.1) is 11.3 Å². The van der Waals surface area contributed by atoms with Gasteiger partial charge in [-0.25, -0.2) is 19.3 Å². The van der Waals surface area contributed by atoms with E-state index in [0.29, 0.717) is 28.9 Å². The summed E-state index contributed by atoms with van der Waals surface area (Å²) < 4.78 is 26.1. The lowest BCUT2D eigenvalue weighted by molar-refractivity contribution is 0.131. The van der Waals surface area contributed by atoms with Gasteiger partial charge in [-0.2, -0.15) is 0 Å². The highest BCUT2D eigenvalue weighted by Crippen LogP contribution is 2.43. The van der Waals surface area contributed by atoms with Gasteiger partial charge >= 0.3 is 0 Å². The number of rotatable bonds is 3. The van der Waals surface area contributed by atoms with Gasteiger partial charge in [0.15, 0.2) is 11.6 Å². The van der Waals surface area contributed by atoms with Gasteiger partial charge in [0.05, 0.1) is 41.2 Å². The smallest absolute Gasteiger partial charge is 0.232 e. The molecule has 8 heteroatoms. The van der Waals surface area contributed by atoms with Crippen LogP contribution in [-0.2, 0) is 6.42 Å². The molecule has 0 bridgehead atoms. The van der Waals surface area contributed by atoms with Gasteiger partial charge in [0.2, 0.25) is 5.88 Å². The first kappa shape index (κ1) is 17.3. The molecule has 28 heavy (non-hydrogen) atoms. The summed E-state index contributed by atoms with van der Waals surface area (Å²) in [7, 11) is 1.55. The summed E-state index contributed by atoms with van der Waals surface area (Å²) >= 11 is 1.47. The van der Waals surface area contributed by atoms with Gasteiger partial charge < -0.3 is 14.6 Å².